The highest BCUT2D eigenvalue weighted by Gasteiger charge is 2.08. The van der Waals surface area contributed by atoms with Crippen LogP contribution >= 0.6 is 10.7 Å². The molecule has 0 radical (unpaired) electrons. The third-order valence-electron chi connectivity index (χ3n) is 1.78. The van der Waals surface area contributed by atoms with Crippen molar-refractivity contribution in [2.24, 2.45) is 0 Å². The summed E-state index contributed by atoms with van der Waals surface area (Å²) in [4.78, 5) is 0.0647. The molecule has 0 unspecified atom stereocenters. The monoisotopic (exact) mass is 258 g/mol. The fraction of sp³-hybridized carbons (Fsp3) is 0.273. The molecule has 0 aliphatic rings. The molecular weight excluding hydrogens is 248 g/mol. The van der Waals surface area contributed by atoms with Crippen molar-refractivity contribution < 1.29 is 13.2 Å². The Morgan fingerprint density at radius 2 is 1.94 bits per heavy atom. The number of rotatable bonds is 4. The topological polar surface area (TPSA) is 43.4 Å². The maximum atomic E-state index is 10.9. The molecule has 3 nitrogen and oxygen atoms in total. The summed E-state index contributed by atoms with van der Waals surface area (Å²) in [5.74, 6) is 6.22. The minimum atomic E-state index is -3.65. The molecule has 0 heterocycles. The SMILES string of the molecule is CC#CCCOc1ccc(S(=O)(=O)Cl)cc1. The molecule has 0 aliphatic carbocycles. The van der Waals surface area contributed by atoms with Gasteiger partial charge in [-0.3, -0.25) is 0 Å². The number of hydrogen-bond acceptors (Lipinski definition) is 3. The molecule has 1 aromatic rings. The van der Waals surface area contributed by atoms with Crippen LogP contribution in [0.5, 0.6) is 5.75 Å². The molecule has 1 aromatic carbocycles. The van der Waals surface area contributed by atoms with Gasteiger partial charge >= 0.3 is 0 Å². The van der Waals surface area contributed by atoms with Crippen molar-refractivity contribution in [2.45, 2.75) is 18.2 Å². The first-order chi connectivity index (χ1) is 7.54. The van der Waals surface area contributed by atoms with E-state index in [1.807, 2.05) is 0 Å². The summed E-state index contributed by atoms with van der Waals surface area (Å²) < 4.78 is 27.2. The normalized spacial score (nSPS) is 10.4. The van der Waals surface area contributed by atoms with Crippen LogP contribution in [0.2, 0.25) is 0 Å². The minimum Gasteiger partial charge on any atom is -0.493 e. The van der Waals surface area contributed by atoms with Crippen LogP contribution < -0.4 is 4.74 Å². The van der Waals surface area contributed by atoms with Gasteiger partial charge < -0.3 is 4.74 Å². The van der Waals surface area contributed by atoms with Crippen LogP contribution in [0.25, 0.3) is 0 Å². The molecule has 0 saturated heterocycles. The van der Waals surface area contributed by atoms with Gasteiger partial charge in [0, 0.05) is 17.1 Å². The smallest absolute Gasteiger partial charge is 0.261 e. The first kappa shape index (κ1) is 12.9. The van der Waals surface area contributed by atoms with Crippen LogP contribution in [0.15, 0.2) is 29.2 Å². The van der Waals surface area contributed by atoms with Gasteiger partial charge in [0.25, 0.3) is 9.05 Å². The Labute approximate surface area is 99.8 Å². The van der Waals surface area contributed by atoms with Crippen molar-refractivity contribution in [1.29, 1.82) is 0 Å². The van der Waals surface area contributed by atoms with Gasteiger partial charge in [-0.05, 0) is 31.2 Å². The second-order valence-electron chi connectivity index (χ2n) is 2.93. The van der Waals surface area contributed by atoms with Crippen molar-refractivity contribution >= 4 is 19.7 Å². The van der Waals surface area contributed by atoms with Crippen LogP contribution in [0.3, 0.4) is 0 Å². The van der Waals surface area contributed by atoms with Gasteiger partial charge in [-0.25, -0.2) is 8.42 Å². The van der Waals surface area contributed by atoms with E-state index >= 15 is 0 Å². The fourth-order valence-electron chi connectivity index (χ4n) is 1.04. The fourth-order valence-corrected chi connectivity index (χ4v) is 1.81. The predicted molar refractivity (Wildman–Crippen MR) is 63.0 cm³/mol. The molecule has 0 aliphatic heterocycles. The zero-order valence-corrected chi connectivity index (χ0v) is 10.3. The molecule has 0 fully saturated rings. The van der Waals surface area contributed by atoms with E-state index < -0.39 is 9.05 Å². The number of hydrogen-bond donors (Lipinski definition) is 0. The summed E-state index contributed by atoms with van der Waals surface area (Å²) in [6.45, 7) is 2.24. The minimum absolute atomic E-state index is 0.0647. The Balaban J connectivity index is 2.61. The second-order valence-corrected chi connectivity index (χ2v) is 5.50. The van der Waals surface area contributed by atoms with Gasteiger partial charge in [-0.15, -0.1) is 11.8 Å². The summed E-state index contributed by atoms with van der Waals surface area (Å²) in [5, 5.41) is 0. The van der Waals surface area contributed by atoms with Gasteiger partial charge in [0.15, 0.2) is 0 Å². The lowest BCUT2D eigenvalue weighted by molar-refractivity contribution is 0.327. The molecule has 16 heavy (non-hydrogen) atoms. The van der Waals surface area contributed by atoms with E-state index in [1.165, 1.54) is 12.1 Å². The average Bonchev–Trinajstić information content (AvgIpc) is 2.24. The lowest BCUT2D eigenvalue weighted by Gasteiger charge is -2.03. The maximum Gasteiger partial charge on any atom is 0.261 e. The Bertz CT molecular complexity index is 494. The zero-order chi connectivity index (χ0) is 12.0. The van der Waals surface area contributed by atoms with E-state index in [9.17, 15) is 8.42 Å². The molecule has 0 bridgehead atoms. The molecule has 1 rings (SSSR count). The quantitative estimate of drug-likeness (QED) is 0.473. The van der Waals surface area contributed by atoms with E-state index in [4.69, 9.17) is 15.4 Å². The predicted octanol–water partition coefficient (Wildman–Crippen LogP) is 2.41. The average molecular weight is 259 g/mol. The number of halogens is 1. The van der Waals surface area contributed by atoms with Crippen LogP contribution in [0.4, 0.5) is 0 Å². The van der Waals surface area contributed by atoms with Gasteiger partial charge in [-0.1, -0.05) is 0 Å². The summed E-state index contributed by atoms with van der Waals surface area (Å²) in [6.07, 6.45) is 0.645. The Morgan fingerprint density at radius 3 is 2.44 bits per heavy atom. The highest BCUT2D eigenvalue weighted by molar-refractivity contribution is 8.13. The first-order valence-electron chi connectivity index (χ1n) is 4.61. The van der Waals surface area contributed by atoms with Gasteiger partial charge in [-0.2, -0.15) is 0 Å². The van der Waals surface area contributed by atoms with E-state index in [-0.39, 0.29) is 4.90 Å². The van der Waals surface area contributed by atoms with Crippen molar-refractivity contribution in [3.05, 3.63) is 24.3 Å². The lowest BCUT2D eigenvalue weighted by atomic mass is 10.3. The lowest BCUT2D eigenvalue weighted by Crippen LogP contribution is -1.96. The second kappa shape index (κ2) is 5.78. The number of ether oxygens (including phenoxy) is 1. The van der Waals surface area contributed by atoms with Crippen LogP contribution in [0.1, 0.15) is 13.3 Å². The van der Waals surface area contributed by atoms with E-state index in [1.54, 1.807) is 19.1 Å². The standard InChI is InChI=1S/C11H11ClO3S/c1-2-3-4-9-15-10-5-7-11(8-6-10)16(12,13)14/h5-8H,4,9H2,1H3. The molecule has 0 spiro atoms. The number of benzene rings is 1. The summed E-state index contributed by atoms with van der Waals surface area (Å²) >= 11 is 0. The van der Waals surface area contributed by atoms with Crippen molar-refractivity contribution in [3.63, 3.8) is 0 Å². The van der Waals surface area contributed by atoms with Crippen LogP contribution in [0, 0.1) is 11.8 Å². The van der Waals surface area contributed by atoms with Crippen molar-refractivity contribution in [1.82, 2.24) is 0 Å². The highest BCUT2D eigenvalue weighted by Crippen LogP contribution is 2.18. The van der Waals surface area contributed by atoms with E-state index in [2.05, 4.69) is 11.8 Å². The van der Waals surface area contributed by atoms with E-state index in [0.29, 0.717) is 18.8 Å². The highest BCUT2D eigenvalue weighted by atomic mass is 35.7. The molecule has 86 valence electrons. The summed E-state index contributed by atoms with van der Waals surface area (Å²) in [7, 11) is 1.52. The zero-order valence-electron chi connectivity index (χ0n) is 8.73. The Hall–Kier alpha value is -1.18. The third kappa shape index (κ3) is 4.13. The Morgan fingerprint density at radius 1 is 1.31 bits per heavy atom. The molecule has 0 atom stereocenters. The van der Waals surface area contributed by atoms with E-state index in [0.717, 1.165) is 0 Å². The molecule has 0 aromatic heterocycles. The van der Waals surface area contributed by atoms with Crippen LogP contribution in [-0.2, 0) is 9.05 Å². The molecule has 0 saturated carbocycles. The molecular formula is C11H11ClO3S. The van der Waals surface area contributed by atoms with Gasteiger partial charge in [0.1, 0.15) is 5.75 Å². The van der Waals surface area contributed by atoms with Gasteiger partial charge in [0.2, 0.25) is 0 Å². The van der Waals surface area contributed by atoms with Crippen molar-refractivity contribution in [3.8, 4) is 17.6 Å². The maximum absolute atomic E-state index is 10.9. The molecule has 5 heteroatoms. The molecule has 0 amide bonds. The Kier molecular flexibility index (Phi) is 4.66. The summed E-state index contributed by atoms with van der Waals surface area (Å²) in [5.41, 5.74) is 0. The largest absolute Gasteiger partial charge is 0.493 e. The third-order valence-corrected chi connectivity index (χ3v) is 3.15. The van der Waals surface area contributed by atoms with Crippen LogP contribution in [-0.4, -0.2) is 15.0 Å². The molecule has 0 N–H and O–H groups in total. The first-order valence-corrected chi connectivity index (χ1v) is 6.92. The summed E-state index contributed by atoms with van der Waals surface area (Å²) in [6, 6.07) is 5.94. The van der Waals surface area contributed by atoms with Crippen molar-refractivity contribution in [2.75, 3.05) is 6.61 Å². The van der Waals surface area contributed by atoms with Gasteiger partial charge in [0.05, 0.1) is 11.5 Å².